The number of carbonyl (C=O) groups excluding carboxylic acids is 2. The molecule has 1 aromatic rings. The smallest absolute Gasteiger partial charge is 0.252 e. The molecule has 0 aliphatic carbocycles. The average molecular weight is 308 g/mol. The van der Waals surface area contributed by atoms with Crippen molar-refractivity contribution in [2.24, 2.45) is 0 Å². The summed E-state index contributed by atoms with van der Waals surface area (Å²) in [6, 6.07) is 1.68. The average Bonchev–Trinajstić information content (AvgIpc) is 2.95. The molecule has 2 N–H and O–H groups in total. The first-order valence-corrected chi connectivity index (χ1v) is 7.74. The highest BCUT2D eigenvalue weighted by molar-refractivity contribution is 7.10. The van der Waals surface area contributed by atoms with Gasteiger partial charge in [0.1, 0.15) is 6.61 Å². The highest BCUT2D eigenvalue weighted by atomic mass is 32.1. The molecule has 0 radical (unpaired) electrons. The minimum Gasteiger partial charge on any atom is -0.384 e. The molecule has 2 amide bonds. The van der Waals surface area contributed by atoms with Crippen LogP contribution >= 0.6 is 11.3 Å². The van der Waals surface area contributed by atoms with Crippen LogP contribution in [0.5, 0.6) is 0 Å². The van der Waals surface area contributed by atoms with Gasteiger partial charge in [-0.3, -0.25) is 9.59 Å². The Labute approximate surface area is 129 Å². The summed E-state index contributed by atoms with van der Waals surface area (Å²) < 4.78 is 0. The summed E-state index contributed by atoms with van der Waals surface area (Å²) in [5.41, 5.74) is 0.525. The number of hydrogen-bond donors (Lipinski definition) is 2. The van der Waals surface area contributed by atoms with Crippen molar-refractivity contribution in [3.63, 3.8) is 0 Å². The summed E-state index contributed by atoms with van der Waals surface area (Å²) in [4.78, 5) is 26.1. The van der Waals surface area contributed by atoms with Crippen molar-refractivity contribution in [2.75, 3.05) is 26.2 Å². The van der Waals surface area contributed by atoms with Crippen molar-refractivity contribution >= 4 is 23.2 Å². The van der Waals surface area contributed by atoms with Gasteiger partial charge in [-0.05, 0) is 19.9 Å². The number of aliphatic hydroxyl groups is 1. The van der Waals surface area contributed by atoms with E-state index in [2.05, 4.69) is 17.2 Å². The van der Waals surface area contributed by atoms with Crippen molar-refractivity contribution in [2.45, 2.75) is 20.3 Å². The van der Waals surface area contributed by atoms with Crippen LogP contribution in [0, 0.1) is 11.8 Å². The van der Waals surface area contributed by atoms with Crippen molar-refractivity contribution in [3.8, 4) is 11.8 Å². The molecule has 0 bridgehead atoms. The van der Waals surface area contributed by atoms with Crippen LogP contribution in [0.25, 0.3) is 0 Å². The van der Waals surface area contributed by atoms with E-state index in [0.29, 0.717) is 31.6 Å². The van der Waals surface area contributed by atoms with Gasteiger partial charge in [-0.2, -0.15) is 0 Å². The lowest BCUT2D eigenvalue weighted by atomic mass is 10.2. The number of hydrogen-bond acceptors (Lipinski definition) is 4. The topological polar surface area (TPSA) is 69.6 Å². The lowest BCUT2D eigenvalue weighted by Crippen LogP contribution is -2.34. The van der Waals surface area contributed by atoms with E-state index in [-0.39, 0.29) is 18.4 Å². The third-order valence-electron chi connectivity index (χ3n) is 2.89. The van der Waals surface area contributed by atoms with Crippen LogP contribution in [-0.4, -0.2) is 48.1 Å². The number of rotatable bonds is 6. The van der Waals surface area contributed by atoms with Crippen LogP contribution in [0.1, 0.15) is 35.5 Å². The maximum atomic E-state index is 11.9. The van der Waals surface area contributed by atoms with E-state index < -0.39 is 0 Å². The maximum Gasteiger partial charge on any atom is 0.252 e. The third kappa shape index (κ3) is 5.58. The molecule has 6 heteroatoms. The van der Waals surface area contributed by atoms with Crippen LogP contribution in [-0.2, 0) is 4.79 Å². The van der Waals surface area contributed by atoms with E-state index in [1.165, 1.54) is 11.3 Å². The number of aliphatic hydroxyl groups excluding tert-OH is 1. The normalized spacial score (nSPS) is 9.67. The van der Waals surface area contributed by atoms with Crippen LogP contribution < -0.4 is 5.32 Å². The molecule has 1 heterocycles. The fraction of sp³-hybridized carbons (Fsp3) is 0.467. The number of amides is 2. The van der Waals surface area contributed by atoms with E-state index in [4.69, 9.17) is 5.11 Å². The van der Waals surface area contributed by atoms with Crippen LogP contribution in [0.2, 0.25) is 0 Å². The Kier molecular flexibility index (Phi) is 7.51. The van der Waals surface area contributed by atoms with Gasteiger partial charge in [-0.1, -0.05) is 11.8 Å². The van der Waals surface area contributed by atoms with Crippen molar-refractivity contribution in [1.82, 2.24) is 10.2 Å². The molecular formula is C15H20N2O3S. The molecule has 1 aromatic heterocycles. The fourth-order valence-corrected chi connectivity index (χ4v) is 2.52. The Morgan fingerprint density at radius 1 is 1.38 bits per heavy atom. The van der Waals surface area contributed by atoms with Gasteiger partial charge in [0, 0.05) is 31.4 Å². The largest absolute Gasteiger partial charge is 0.384 e. The highest BCUT2D eigenvalue weighted by Crippen LogP contribution is 2.13. The SMILES string of the molecule is CCN(CC)C(=O)CCNC(=O)c1csc(C#CCO)c1. The monoisotopic (exact) mass is 308 g/mol. The number of nitrogens with zero attached hydrogens (tertiary/aromatic N) is 1. The first kappa shape index (κ1) is 17.2. The van der Waals surface area contributed by atoms with Crippen molar-refractivity contribution in [1.29, 1.82) is 0 Å². The van der Waals surface area contributed by atoms with E-state index in [1.54, 1.807) is 16.3 Å². The summed E-state index contributed by atoms with van der Waals surface area (Å²) in [6.07, 6.45) is 0.300. The number of thiophene rings is 1. The van der Waals surface area contributed by atoms with Crippen LogP contribution in [0.3, 0.4) is 0 Å². The fourth-order valence-electron chi connectivity index (χ4n) is 1.77. The molecule has 1 rings (SSSR count). The molecule has 0 atom stereocenters. The molecule has 0 unspecified atom stereocenters. The Hall–Kier alpha value is -1.84. The predicted molar refractivity (Wildman–Crippen MR) is 83.2 cm³/mol. The van der Waals surface area contributed by atoms with Gasteiger partial charge in [0.25, 0.3) is 5.91 Å². The van der Waals surface area contributed by atoms with Crippen LogP contribution in [0.4, 0.5) is 0 Å². The van der Waals surface area contributed by atoms with Gasteiger partial charge in [-0.25, -0.2) is 0 Å². The summed E-state index contributed by atoms with van der Waals surface area (Å²) in [5, 5.41) is 13.0. The zero-order valence-corrected chi connectivity index (χ0v) is 13.1. The highest BCUT2D eigenvalue weighted by Gasteiger charge is 2.11. The predicted octanol–water partition coefficient (Wildman–Crippen LogP) is 1.08. The van der Waals surface area contributed by atoms with E-state index in [9.17, 15) is 9.59 Å². The van der Waals surface area contributed by atoms with Crippen molar-refractivity contribution < 1.29 is 14.7 Å². The second-order valence-electron chi connectivity index (χ2n) is 4.23. The zero-order chi connectivity index (χ0) is 15.7. The molecular weight excluding hydrogens is 288 g/mol. The molecule has 5 nitrogen and oxygen atoms in total. The summed E-state index contributed by atoms with van der Waals surface area (Å²) >= 11 is 1.35. The van der Waals surface area contributed by atoms with Gasteiger partial charge in [0.05, 0.1) is 10.4 Å². The number of nitrogens with one attached hydrogen (secondary N) is 1. The minimum atomic E-state index is -0.212. The van der Waals surface area contributed by atoms with Crippen molar-refractivity contribution in [3.05, 3.63) is 21.9 Å². The van der Waals surface area contributed by atoms with Crippen LogP contribution in [0.15, 0.2) is 11.4 Å². The van der Waals surface area contributed by atoms with Gasteiger partial charge in [0.15, 0.2) is 0 Å². The summed E-state index contributed by atoms with van der Waals surface area (Å²) in [5.74, 6) is 5.12. The molecule has 0 aliphatic rings. The molecule has 21 heavy (non-hydrogen) atoms. The van der Waals surface area contributed by atoms with Gasteiger partial charge < -0.3 is 15.3 Å². The molecule has 0 spiro atoms. The number of carbonyl (C=O) groups is 2. The Balaban J connectivity index is 2.44. The van der Waals surface area contributed by atoms with Gasteiger partial charge in [0.2, 0.25) is 5.91 Å². The first-order valence-electron chi connectivity index (χ1n) is 6.86. The Morgan fingerprint density at radius 3 is 2.71 bits per heavy atom. The molecule has 0 aromatic carbocycles. The van der Waals surface area contributed by atoms with E-state index >= 15 is 0 Å². The lowest BCUT2D eigenvalue weighted by Gasteiger charge is -2.18. The second kappa shape index (κ2) is 9.16. The minimum absolute atomic E-state index is 0.0418. The maximum absolute atomic E-state index is 11.9. The molecule has 0 aliphatic heterocycles. The Bertz CT molecular complexity index is 539. The molecule has 114 valence electrons. The van der Waals surface area contributed by atoms with Gasteiger partial charge in [-0.15, -0.1) is 11.3 Å². The Morgan fingerprint density at radius 2 is 2.10 bits per heavy atom. The van der Waals surface area contributed by atoms with E-state index in [0.717, 1.165) is 4.88 Å². The molecule has 0 saturated carbocycles. The molecule has 0 fully saturated rings. The summed E-state index contributed by atoms with van der Waals surface area (Å²) in [7, 11) is 0. The third-order valence-corrected chi connectivity index (χ3v) is 3.74. The standard InChI is InChI=1S/C15H20N2O3S/c1-3-17(4-2)14(19)7-8-16-15(20)12-10-13(21-11-12)6-5-9-18/h10-11,18H,3-4,7-9H2,1-2H3,(H,16,20). The molecule has 0 saturated heterocycles. The quantitative estimate of drug-likeness (QED) is 0.773. The zero-order valence-electron chi connectivity index (χ0n) is 12.3. The first-order chi connectivity index (χ1) is 10.1. The summed E-state index contributed by atoms with van der Waals surface area (Å²) in [6.45, 7) is 5.34. The van der Waals surface area contributed by atoms with E-state index in [1.807, 2.05) is 13.8 Å². The lowest BCUT2D eigenvalue weighted by molar-refractivity contribution is -0.130. The second-order valence-corrected chi connectivity index (χ2v) is 5.14. The van der Waals surface area contributed by atoms with Gasteiger partial charge >= 0.3 is 0 Å².